The van der Waals surface area contributed by atoms with E-state index < -0.39 is 21.7 Å². The predicted molar refractivity (Wildman–Crippen MR) is 113 cm³/mol. The second-order valence-electron chi connectivity index (χ2n) is 7.22. The number of nitrogens with zero attached hydrogens (tertiary/aromatic N) is 3. The molecule has 2 aromatic carbocycles. The van der Waals surface area contributed by atoms with Crippen LogP contribution >= 0.6 is 0 Å². The number of benzene rings is 2. The molecule has 32 heavy (non-hydrogen) atoms. The van der Waals surface area contributed by atoms with Crippen LogP contribution in [0.3, 0.4) is 0 Å². The number of halogens is 2. The van der Waals surface area contributed by atoms with E-state index in [1.54, 1.807) is 12.1 Å². The maximum absolute atomic E-state index is 14.4. The van der Waals surface area contributed by atoms with Crippen molar-refractivity contribution in [2.45, 2.75) is 17.9 Å². The third-order valence-corrected chi connectivity index (χ3v) is 6.30. The van der Waals surface area contributed by atoms with Crippen LogP contribution in [-0.2, 0) is 16.6 Å². The van der Waals surface area contributed by atoms with Gasteiger partial charge in [0.25, 0.3) is 10.0 Å². The predicted octanol–water partition coefficient (Wildman–Crippen LogP) is 4.03. The zero-order chi connectivity index (χ0) is 22.7. The molecule has 0 spiro atoms. The van der Waals surface area contributed by atoms with E-state index >= 15 is 0 Å². The summed E-state index contributed by atoms with van der Waals surface area (Å²) in [6.45, 7) is 2.42. The van der Waals surface area contributed by atoms with Crippen molar-refractivity contribution in [1.29, 1.82) is 5.26 Å². The van der Waals surface area contributed by atoms with Gasteiger partial charge in [0.1, 0.15) is 35.0 Å². The number of hydrogen-bond acceptors (Lipinski definition) is 6. The third kappa shape index (κ3) is 4.85. The number of ether oxygens (including phenoxy) is 1. The summed E-state index contributed by atoms with van der Waals surface area (Å²) >= 11 is 0. The van der Waals surface area contributed by atoms with Crippen LogP contribution in [0, 0.1) is 23.0 Å². The Hall–Kier alpha value is -3.55. The van der Waals surface area contributed by atoms with Crippen LogP contribution in [0.15, 0.2) is 59.6 Å². The van der Waals surface area contributed by atoms with E-state index in [1.807, 2.05) is 6.07 Å². The minimum absolute atomic E-state index is 0.0509. The van der Waals surface area contributed by atoms with Crippen LogP contribution in [0.5, 0.6) is 11.5 Å². The van der Waals surface area contributed by atoms with Gasteiger partial charge in [-0.2, -0.15) is 5.26 Å². The SMILES string of the molecule is N#Cc1cc(S(=O)(=O)Nc2ccc(F)cn2)ccc1Oc1ccc(CN2CCC2)c(F)c1. The zero-order valence-corrected chi connectivity index (χ0v) is 17.6. The monoisotopic (exact) mass is 456 g/mol. The number of sulfonamides is 1. The Morgan fingerprint density at radius 2 is 1.94 bits per heavy atom. The molecule has 0 bridgehead atoms. The average molecular weight is 456 g/mol. The molecule has 4 rings (SSSR count). The van der Waals surface area contributed by atoms with E-state index in [4.69, 9.17) is 4.74 Å². The largest absolute Gasteiger partial charge is 0.456 e. The Kier molecular flexibility index (Phi) is 6.03. The smallest absolute Gasteiger partial charge is 0.263 e. The van der Waals surface area contributed by atoms with Crippen molar-refractivity contribution in [3.63, 3.8) is 0 Å². The molecule has 3 aromatic rings. The summed E-state index contributed by atoms with van der Waals surface area (Å²) in [4.78, 5) is 5.58. The second kappa shape index (κ2) is 8.90. The van der Waals surface area contributed by atoms with E-state index in [1.165, 1.54) is 24.3 Å². The first kappa shape index (κ1) is 21.7. The summed E-state index contributed by atoms with van der Waals surface area (Å²) in [6.07, 6.45) is 1.99. The van der Waals surface area contributed by atoms with Gasteiger partial charge in [0, 0.05) is 18.2 Å². The quantitative estimate of drug-likeness (QED) is 0.577. The van der Waals surface area contributed by atoms with Crippen LogP contribution in [0.2, 0.25) is 0 Å². The molecular formula is C22H18F2N4O3S. The van der Waals surface area contributed by atoms with Gasteiger partial charge in [-0.25, -0.2) is 22.2 Å². The maximum Gasteiger partial charge on any atom is 0.263 e. The lowest BCUT2D eigenvalue weighted by molar-refractivity contribution is 0.170. The molecule has 1 saturated heterocycles. The van der Waals surface area contributed by atoms with Gasteiger partial charge in [-0.3, -0.25) is 9.62 Å². The van der Waals surface area contributed by atoms with E-state index in [0.29, 0.717) is 12.1 Å². The number of likely N-dealkylation sites (tertiary alicyclic amines) is 1. The molecule has 1 N–H and O–H groups in total. The topological polar surface area (TPSA) is 95.3 Å². The lowest BCUT2D eigenvalue weighted by Crippen LogP contribution is -2.36. The van der Waals surface area contributed by atoms with Gasteiger partial charge in [0.2, 0.25) is 0 Å². The molecule has 10 heteroatoms. The zero-order valence-electron chi connectivity index (χ0n) is 16.8. The molecule has 0 unspecified atom stereocenters. The van der Waals surface area contributed by atoms with Gasteiger partial charge in [-0.1, -0.05) is 6.07 Å². The summed E-state index contributed by atoms with van der Waals surface area (Å²) < 4.78 is 60.4. The van der Waals surface area contributed by atoms with Crippen LogP contribution in [0.1, 0.15) is 17.5 Å². The Labute approximate surface area is 183 Å². The molecule has 1 aliphatic rings. The molecule has 0 radical (unpaired) electrons. The molecule has 1 aromatic heterocycles. The van der Waals surface area contributed by atoms with E-state index in [9.17, 15) is 22.5 Å². The van der Waals surface area contributed by atoms with Crippen molar-refractivity contribution in [3.8, 4) is 17.6 Å². The fourth-order valence-corrected chi connectivity index (χ4v) is 4.15. The Bertz CT molecular complexity index is 1290. The minimum Gasteiger partial charge on any atom is -0.456 e. The Balaban J connectivity index is 1.52. The molecule has 0 atom stereocenters. The number of hydrogen-bond donors (Lipinski definition) is 1. The summed E-state index contributed by atoms with van der Waals surface area (Å²) in [5, 5.41) is 9.46. The second-order valence-corrected chi connectivity index (χ2v) is 8.90. The van der Waals surface area contributed by atoms with E-state index in [0.717, 1.165) is 37.8 Å². The van der Waals surface area contributed by atoms with Crippen molar-refractivity contribution in [3.05, 3.63) is 77.5 Å². The van der Waals surface area contributed by atoms with Crippen molar-refractivity contribution in [1.82, 2.24) is 9.88 Å². The summed E-state index contributed by atoms with van der Waals surface area (Å²) in [5.74, 6) is -0.815. The lowest BCUT2D eigenvalue weighted by Gasteiger charge is -2.30. The van der Waals surface area contributed by atoms with Gasteiger partial charge < -0.3 is 4.74 Å². The molecule has 2 heterocycles. The Morgan fingerprint density at radius 1 is 1.12 bits per heavy atom. The summed E-state index contributed by atoms with van der Waals surface area (Å²) in [7, 11) is -4.08. The number of nitrogens with one attached hydrogen (secondary N) is 1. The highest BCUT2D eigenvalue weighted by atomic mass is 32.2. The number of rotatable bonds is 7. The van der Waals surface area contributed by atoms with Crippen LogP contribution in [0.25, 0.3) is 0 Å². The van der Waals surface area contributed by atoms with Crippen molar-refractivity contribution >= 4 is 15.8 Å². The lowest BCUT2D eigenvalue weighted by atomic mass is 10.1. The van der Waals surface area contributed by atoms with Gasteiger partial charge >= 0.3 is 0 Å². The van der Waals surface area contributed by atoms with Crippen LogP contribution < -0.4 is 9.46 Å². The first-order chi connectivity index (χ1) is 15.3. The molecule has 1 fully saturated rings. The minimum atomic E-state index is -4.08. The molecule has 1 aliphatic heterocycles. The number of anilines is 1. The fraction of sp³-hybridized carbons (Fsp3) is 0.182. The number of aromatic nitrogens is 1. The van der Waals surface area contributed by atoms with Gasteiger partial charge in [0.05, 0.1) is 16.7 Å². The molecular weight excluding hydrogens is 438 g/mol. The Morgan fingerprint density at radius 3 is 2.56 bits per heavy atom. The van der Waals surface area contributed by atoms with Gasteiger partial charge in [-0.15, -0.1) is 0 Å². The van der Waals surface area contributed by atoms with Crippen LogP contribution in [0.4, 0.5) is 14.6 Å². The first-order valence-electron chi connectivity index (χ1n) is 9.71. The summed E-state index contributed by atoms with van der Waals surface area (Å²) in [5.41, 5.74) is 0.504. The first-order valence-corrected chi connectivity index (χ1v) is 11.2. The van der Waals surface area contributed by atoms with Gasteiger partial charge in [-0.05, 0) is 55.9 Å². The molecule has 164 valence electrons. The fourth-order valence-electron chi connectivity index (χ4n) is 3.11. The highest BCUT2D eigenvalue weighted by Gasteiger charge is 2.19. The maximum atomic E-state index is 14.4. The molecule has 0 saturated carbocycles. The molecule has 7 nitrogen and oxygen atoms in total. The number of nitriles is 1. The third-order valence-electron chi connectivity index (χ3n) is 4.94. The van der Waals surface area contributed by atoms with E-state index in [2.05, 4.69) is 14.6 Å². The van der Waals surface area contributed by atoms with Crippen LogP contribution in [-0.4, -0.2) is 31.4 Å². The standard InChI is InChI=1S/C22H18F2N4O3S/c23-17-3-7-22(26-13-17)27-32(29,30)19-5-6-21(16(10-19)12-25)31-18-4-2-15(20(24)11-18)14-28-8-1-9-28/h2-7,10-11,13H,1,8-9,14H2,(H,26,27). The molecule has 0 amide bonds. The molecule has 0 aliphatic carbocycles. The highest BCUT2D eigenvalue weighted by Crippen LogP contribution is 2.29. The van der Waals surface area contributed by atoms with Crippen molar-refractivity contribution in [2.24, 2.45) is 0 Å². The number of pyridine rings is 1. The van der Waals surface area contributed by atoms with Crippen molar-refractivity contribution in [2.75, 3.05) is 17.8 Å². The van der Waals surface area contributed by atoms with Gasteiger partial charge in [0.15, 0.2) is 0 Å². The van der Waals surface area contributed by atoms with E-state index in [-0.39, 0.29) is 27.8 Å². The van der Waals surface area contributed by atoms with Crippen molar-refractivity contribution < 1.29 is 21.9 Å². The normalized spacial score (nSPS) is 13.8. The summed E-state index contributed by atoms with van der Waals surface area (Å²) in [6, 6.07) is 12.3. The average Bonchev–Trinajstić information content (AvgIpc) is 2.73. The highest BCUT2D eigenvalue weighted by molar-refractivity contribution is 7.92.